The molecule has 0 spiro atoms. The van der Waals surface area contributed by atoms with Crippen LogP contribution in [-0.4, -0.2) is 30.8 Å². The van der Waals surface area contributed by atoms with Crippen LogP contribution >= 0.6 is 15.9 Å². The van der Waals surface area contributed by atoms with Crippen molar-refractivity contribution < 1.29 is 19.1 Å². The van der Waals surface area contributed by atoms with E-state index in [2.05, 4.69) is 20.7 Å². The van der Waals surface area contributed by atoms with Crippen LogP contribution in [0.5, 0.6) is 0 Å². The summed E-state index contributed by atoms with van der Waals surface area (Å²) in [6.45, 7) is 2.17. The van der Waals surface area contributed by atoms with E-state index in [0.29, 0.717) is 18.7 Å². The SMILES string of the molecule is CCOC(=O)C(=O)C1CCN(c2cccc(Br)c2)C1=O. The fraction of sp³-hybridized carbons (Fsp3) is 0.357. The molecule has 0 aliphatic carbocycles. The van der Waals surface area contributed by atoms with Crippen molar-refractivity contribution in [2.75, 3.05) is 18.1 Å². The van der Waals surface area contributed by atoms with Gasteiger partial charge in [0.05, 0.1) is 6.61 Å². The summed E-state index contributed by atoms with van der Waals surface area (Å²) in [5, 5.41) is 0. The van der Waals surface area contributed by atoms with Gasteiger partial charge in [0.1, 0.15) is 5.92 Å². The van der Waals surface area contributed by atoms with Gasteiger partial charge in [-0.05, 0) is 31.5 Å². The summed E-state index contributed by atoms with van der Waals surface area (Å²) in [5.74, 6) is -2.95. The molecule has 6 heteroatoms. The van der Waals surface area contributed by atoms with E-state index in [1.807, 2.05) is 12.1 Å². The van der Waals surface area contributed by atoms with Crippen LogP contribution in [0.25, 0.3) is 0 Å². The second-order valence-corrected chi connectivity index (χ2v) is 5.31. The Hall–Kier alpha value is -1.69. The number of esters is 1. The molecule has 106 valence electrons. The van der Waals surface area contributed by atoms with E-state index >= 15 is 0 Å². The lowest BCUT2D eigenvalue weighted by Crippen LogP contribution is -2.34. The van der Waals surface area contributed by atoms with Gasteiger partial charge in [0.15, 0.2) is 0 Å². The number of ether oxygens (including phenoxy) is 1. The summed E-state index contributed by atoms with van der Waals surface area (Å²) in [6.07, 6.45) is 0.336. The Kier molecular flexibility index (Phi) is 4.54. The summed E-state index contributed by atoms with van der Waals surface area (Å²) < 4.78 is 5.51. The van der Waals surface area contributed by atoms with Gasteiger partial charge in [0, 0.05) is 16.7 Å². The highest BCUT2D eigenvalue weighted by molar-refractivity contribution is 9.10. The van der Waals surface area contributed by atoms with Gasteiger partial charge in [0.25, 0.3) is 5.78 Å². The average Bonchev–Trinajstić information content (AvgIpc) is 2.80. The number of carbonyl (C=O) groups is 3. The molecule has 1 aliphatic rings. The zero-order valence-electron chi connectivity index (χ0n) is 11.0. The lowest BCUT2D eigenvalue weighted by atomic mass is 10.0. The Morgan fingerprint density at radius 2 is 2.20 bits per heavy atom. The number of nitrogens with zero attached hydrogens (tertiary/aromatic N) is 1. The normalized spacial score (nSPS) is 18.2. The number of ketones is 1. The highest BCUT2D eigenvalue weighted by Crippen LogP contribution is 2.28. The maximum atomic E-state index is 12.2. The van der Waals surface area contributed by atoms with Crippen molar-refractivity contribution >= 4 is 39.3 Å². The first kappa shape index (κ1) is 14.7. The molecule has 1 amide bonds. The Balaban J connectivity index is 2.13. The van der Waals surface area contributed by atoms with Crippen molar-refractivity contribution in [3.63, 3.8) is 0 Å². The predicted octanol–water partition coefficient (Wildman–Crippen LogP) is 1.93. The maximum absolute atomic E-state index is 12.2. The fourth-order valence-corrected chi connectivity index (χ4v) is 2.56. The lowest BCUT2D eigenvalue weighted by molar-refractivity contribution is -0.156. The van der Waals surface area contributed by atoms with Crippen LogP contribution < -0.4 is 4.90 Å². The number of halogens is 1. The molecule has 1 fully saturated rings. The molecule has 1 aromatic rings. The van der Waals surface area contributed by atoms with Crippen LogP contribution in [0.4, 0.5) is 5.69 Å². The lowest BCUT2D eigenvalue weighted by Gasteiger charge is -2.16. The van der Waals surface area contributed by atoms with Crippen LogP contribution in [0.2, 0.25) is 0 Å². The minimum atomic E-state index is -0.929. The third-order valence-electron chi connectivity index (χ3n) is 3.12. The molecule has 0 aromatic heterocycles. The van der Waals surface area contributed by atoms with Gasteiger partial charge in [-0.2, -0.15) is 0 Å². The van der Waals surface area contributed by atoms with Crippen LogP contribution in [0.3, 0.4) is 0 Å². The maximum Gasteiger partial charge on any atom is 0.375 e. The van der Waals surface area contributed by atoms with E-state index in [9.17, 15) is 14.4 Å². The smallest absolute Gasteiger partial charge is 0.375 e. The number of benzene rings is 1. The molecule has 20 heavy (non-hydrogen) atoms. The zero-order chi connectivity index (χ0) is 14.7. The number of hydrogen-bond acceptors (Lipinski definition) is 4. The van der Waals surface area contributed by atoms with Crippen molar-refractivity contribution in [1.82, 2.24) is 0 Å². The van der Waals surface area contributed by atoms with E-state index in [0.717, 1.165) is 4.47 Å². The van der Waals surface area contributed by atoms with E-state index in [4.69, 9.17) is 0 Å². The molecule has 1 saturated heterocycles. The average molecular weight is 340 g/mol. The van der Waals surface area contributed by atoms with Crippen molar-refractivity contribution in [1.29, 1.82) is 0 Å². The first-order valence-corrected chi connectivity index (χ1v) is 7.11. The highest BCUT2D eigenvalue weighted by Gasteiger charge is 2.40. The molecule has 2 rings (SSSR count). The van der Waals surface area contributed by atoms with Gasteiger partial charge in [-0.1, -0.05) is 22.0 Å². The molecule has 1 atom stereocenters. The number of Topliss-reactive ketones (excluding diaryl/α,β-unsaturated/α-hetero) is 1. The van der Waals surface area contributed by atoms with Gasteiger partial charge in [0.2, 0.25) is 5.91 Å². The molecule has 5 nitrogen and oxygen atoms in total. The summed E-state index contributed by atoms with van der Waals surface area (Å²) in [7, 11) is 0. The van der Waals surface area contributed by atoms with Crippen LogP contribution in [0.15, 0.2) is 28.7 Å². The molecule has 0 bridgehead atoms. The number of hydrogen-bond donors (Lipinski definition) is 0. The van der Waals surface area contributed by atoms with Gasteiger partial charge in [-0.3, -0.25) is 9.59 Å². The Morgan fingerprint density at radius 1 is 1.45 bits per heavy atom. The Labute approximate surface area is 125 Å². The summed E-state index contributed by atoms with van der Waals surface area (Å²) in [4.78, 5) is 37.1. The Bertz CT molecular complexity index is 558. The number of amides is 1. The second kappa shape index (κ2) is 6.17. The van der Waals surface area contributed by atoms with Gasteiger partial charge < -0.3 is 9.64 Å². The third-order valence-corrected chi connectivity index (χ3v) is 3.61. The van der Waals surface area contributed by atoms with Gasteiger partial charge in [-0.25, -0.2) is 4.79 Å². The predicted molar refractivity (Wildman–Crippen MR) is 76.2 cm³/mol. The van der Waals surface area contributed by atoms with Crippen LogP contribution in [-0.2, 0) is 19.1 Å². The number of rotatable bonds is 4. The molecular weight excluding hydrogens is 326 g/mol. The molecule has 0 radical (unpaired) electrons. The standard InChI is InChI=1S/C14H14BrNO4/c1-2-20-14(19)12(17)11-6-7-16(13(11)18)10-5-3-4-9(15)8-10/h3-5,8,11H,2,6-7H2,1H3. The monoisotopic (exact) mass is 339 g/mol. The van der Waals surface area contributed by atoms with Crippen LogP contribution in [0, 0.1) is 5.92 Å². The van der Waals surface area contributed by atoms with Crippen molar-refractivity contribution in [3.05, 3.63) is 28.7 Å². The quantitative estimate of drug-likeness (QED) is 0.477. The second-order valence-electron chi connectivity index (χ2n) is 4.40. The molecule has 0 saturated carbocycles. The molecule has 1 unspecified atom stereocenters. The highest BCUT2D eigenvalue weighted by atomic mass is 79.9. The number of carbonyl (C=O) groups excluding carboxylic acids is 3. The van der Waals surface area contributed by atoms with Crippen molar-refractivity contribution in [3.8, 4) is 0 Å². The first-order chi connectivity index (χ1) is 9.54. The van der Waals surface area contributed by atoms with Gasteiger partial charge in [-0.15, -0.1) is 0 Å². The minimum absolute atomic E-state index is 0.126. The van der Waals surface area contributed by atoms with Crippen molar-refractivity contribution in [2.24, 2.45) is 5.92 Å². The molecular formula is C14H14BrNO4. The first-order valence-electron chi connectivity index (χ1n) is 6.32. The molecule has 1 aromatic carbocycles. The summed E-state index contributed by atoms with van der Waals surface area (Å²) in [5.41, 5.74) is 0.712. The summed E-state index contributed by atoms with van der Waals surface area (Å²) in [6, 6.07) is 7.26. The van der Waals surface area contributed by atoms with E-state index < -0.39 is 17.7 Å². The largest absolute Gasteiger partial charge is 0.460 e. The Morgan fingerprint density at radius 3 is 2.85 bits per heavy atom. The van der Waals surface area contributed by atoms with E-state index in [1.54, 1.807) is 19.1 Å². The van der Waals surface area contributed by atoms with Gasteiger partial charge >= 0.3 is 5.97 Å². The topological polar surface area (TPSA) is 63.7 Å². The van der Waals surface area contributed by atoms with E-state index in [1.165, 1.54) is 4.90 Å². The molecule has 1 aliphatic heterocycles. The van der Waals surface area contributed by atoms with Crippen LogP contribution in [0.1, 0.15) is 13.3 Å². The third kappa shape index (κ3) is 2.90. The minimum Gasteiger partial charge on any atom is -0.460 e. The molecule has 1 heterocycles. The fourth-order valence-electron chi connectivity index (χ4n) is 2.17. The zero-order valence-corrected chi connectivity index (χ0v) is 12.6. The molecule has 0 N–H and O–H groups in total. The summed E-state index contributed by atoms with van der Waals surface area (Å²) >= 11 is 3.34. The van der Waals surface area contributed by atoms with E-state index in [-0.39, 0.29) is 12.5 Å². The van der Waals surface area contributed by atoms with Crippen molar-refractivity contribution in [2.45, 2.75) is 13.3 Å². The number of anilines is 1.